The van der Waals surface area contributed by atoms with Crippen molar-refractivity contribution in [2.75, 3.05) is 13.2 Å². The summed E-state index contributed by atoms with van der Waals surface area (Å²) in [4.78, 5) is 0. The van der Waals surface area contributed by atoms with Gasteiger partial charge in [-0.3, -0.25) is 5.43 Å². The molecule has 39 heavy (non-hydrogen) atoms. The van der Waals surface area contributed by atoms with E-state index in [0.29, 0.717) is 23.4 Å². The third-order valence-electron chi connectivity index (χ3n) is 5.66. The second-order valence-corrected chi connectivity index (χ2v) is 8.79. The number of aromatic hydroxyl groups is 1. The van der Waals surface area contributed by atoms with Crippen molar-refractivity contribution in [3.8, 4) is 17.2 Å². The van der Waals surface area contributed by atoms with E-state index in [0.717, 1.165) is 16.3 Å². The number of para-hydroxylation sites is 1. The summed E-state index contributed by atoms with van der Waals surface area (Å²) in [5.41, 5.74) is 4.23. The maximum absolute atomic E-state index is 12.6. The van der Waals surface area contributed by atoms with Gasteiger partial charge in [-0.15, -0.1) is 13.2 Å². The first-order valence-corrected chi connectivity index (χ1v) is 12.2. The monoisotopic (exact) mass is 559 g/mol. The molecule has 0 bridgehead atoms. The van der Waals surface area contributed by atoms with Gasteiger partial charge in [0, 0.05) is 35.2 Å². The molecule has 0 aromatic heterocycles. The highest BCUT2D eigenvalue weighted by Gasteiger charge is 2.31. The highest BCUT2D eigenvalue weighted by molar-refractivity contribution is 6.32. The van der Waals surface area contributed by atoms with Crippen molar-refractivity contribution in [3.63, 3.8) is 0 Å². The Hall–Kier alpha value is -3.99. The summed E-state index contributed by atoms with van der Waals surface area (Å²) >= 11 is 5.89. The first-order valence-electron chi connectivity index (χ1n) is 11.9. The Morgan fingerprint density at radius 1 is 0.949 bits per heavy atom. The predicted molar refractivity (Wildman–Crippen MR) is 143 cm³/mol. The Morgan fingerprint density at radius 3 is 2.46 bits per heavy atom. The van der Waals surface area contributed by atoms with Gasteiger partial charge in [-0.1, -0.05) is 60.1 Å². The number of nitrogens with zero attached hydrogens (tertiary/aromatic N) is 1. The summed E-state index contributed by atoms with van der Waals surface area (Å²) in [6.07, 6.45) is -4.32. The van der Waals surface area contributed by atoms with E-state index >= 15 is 0 Å². The molecule has 4 rings (SSSR count). The van der Waals surface area contributed by atoms with Crippen LogP contribution < -0.4 is 20.2 Å². The quantitative estimate of drug-likeness (QED) is 0.0793. The van der Waals surface area contributed by atoms with Crippen LogP contribution in [0.2, 0.25) is 5.02 Å². The summed E-state index contributed by atoms with van der Waals surface area (Å²) in [6, 6.07) is 21.5. The molecule has 0 aliphatic rings. The minimum atomic E-state index is -4.76. The zero-order valence-electron chi connectivity index (χ0n) is 20.5. The standard InChI is InChI=1S/C28H25ClF3N3O4/c29-23-15-18(9-11-24(23)36)27(37)35-34-17-19-10-12-26(22-7-3-2-6-21(19)22)38-14-13-33-16-20-5-1-4-8-25(20)39-28(30,31)32/h1-12,15,17,27,33,35-37H,13-14,16H2/b34-17+. The third-order valence-corrected chi connectivity index (χ3v) is 5.96. The average molecular weight is 560 g/mol. The highest BCUT2D eigenvalue weighted by Crippen LogP contribution is 2.29. The van der Waals surface area contributed by atoms with Gasteiger partial charge in [0.1, 0.15) is 23.9 Å². The Morgan fingerprint density at radius 2 is 1.69 bits per heavy atom. The summed E-state index contributed by atoms with van der Waals surface area (Å²) in [5, 5.41) is 28.9. The molecule has 11 heteroatoms. The summed E-state index contributed by atoms with van der Waals surface area (Å²) in [5.74, 6) is 0.314. The minimum absolute atomic E-state index is 0.0819. The number of hydrazone groups is 1. The Bertz CT molecular complexity index is 1450. The zero-order chi connectivity index (χ0) is 27.8. The van der Waals surface area contributed by atoms with Crippen molar-refractivity contribution in [2.24, 2.45) is 5.10 Å². The van der Waals surface area contributed by atoms with Crippen molar-refractivity contribution in [2.45, 2.75) is 19.1 Å². The molecule has 4 aromatic carbocycles. The van der Waals surface area contributed by atoms with E-state index in [-0.39, 0.29) is 29.7 Å². The molecule has 4 aromatic rings. The number of ether oxygens (including phenoxy) is 2. The van der Waals surface area contributed by atoms with Crippen molar-refractivity contribution < 1.29 is 32.9 Å². The van der Waals surface area contributed by atoms with Crippen molar-refractivity contribution in [1.82, 2.24) is 10.7 Å². The Kier molecular flexibility index (Phi) is 9.13. The molecule has 204 valence electrons. The minimum Gasteiger partial charge on any atom is -0.506 e. The molecule has 0 aliphatic heterocycles. The van der Waals surface area contributed by atoms with E-state index in [9.17, 15) is 23.4 Å². The molecule has 1 unspecified atom stereocenters. The maximum Gasteiger partial charge on any atom is 0.573 e. The largest absolute Gasteiger partial charge is 0.573 e. The van der Waals surface area contributed by atoms with Crippen LogP contribution in [-0.2, 0) is 6.54 Å². The number of nitrogens with one attached hydrogen (secondary N) is 2. The van der Waals surface area contributed by atoms with Crippen LogP contribution in [0.25, 0.3) is 10.8 Å². The van der Waals surface area contributed by atoms with Gasteiger partial charge in [-0.2, -0.15) is 5.10 Å². The fourth-order valence-electron chi connectivity index (χ4n) is 3.81. The van der Waals surface area contributed by atoms with Crippen LogP contribution >= 0.6 is 11.6 Å². The second-order valence-electron chi connectivity index (χ2n) is 8.38. The number of rotatable bonds is 11. The number of hydrogen-bond acceptors (Lipinski definition) is 7. The molecule has 0 heterocycles. The molecule has 0 fully saturated rings. The summed E-state index contributed by atoms with van der Waals surface area (Å²) in [7, 11) is 0. The van der Waals surface area contributed by atoms with Crippen molar-refractivity contribution in [3.05, 3.63) is 101 Å². The van der Waals surface area contributed by atoms with Gasteiger partial charge in [-0.25, -0.2) is 0 Å². The smallest absolute Gasteiger partial charge is 0.506 e. The fourth-order valence-corrected chi connectivity index (χ4v) is 4.00. The van der Waals surface area contributed by atoms with E-state index in [4.69, 9.17) is 16.3 Å². The second kappa shape index (κ2) is 12.7. The number of phenolic OH excluding ortho intramolecular Hbond substituents is 1. The van der Waals surface area contributed by atoms with Crippen molar-refractivity contribution >= 4 is 28.6 Å². The summed E-state index contributed by atoms with van der Waals surface area (Å²) in [6.45, 7) is 0.852. The molecule has 0 spiro atoms. The zero-order valence-corrected chi connectivity index (χ0v) is 21.2. The number of benzene rings is 4. The number of aliphatic hydroxyl groups is 1. The van der Waals surface area contributed by atoms with Gasteiger partial charge in [0.2, 0.25) is 0 Å². The van der Waals surface area contributed by atoms with Crippen molar-refractivity contribution in [1.29, 1.82) is 0 Å². The lowest BCUT2D eigenvalue weighted by molar-refractivity contribution is -0.274. The predicted octanol–water partition coefficient (Wildman–Crippen LogP) is 5.88. The van der Waals surface area contributed by atoms with Crippen LogP contribution in [-0.4, -0.2) is 35.9 Å². The van der Waals surface area contributed by atoms with Gasteiger partial charge in [0.15, 0.2) is 6.23 Å². The fraction of sp³-hybridized carbons (Fsp3) is 0.179. The Balaban J connectivity index is 1.35. The van der Waals surface area contributed by atoms with Gasteiger partial charge in [0.05, 0.1) is 11.2 Å². The number of aliphatic hydroxyl groups excluding tert-OH is 1. The number of halogens is 4. The van der Waals surface area contributed by atoms with E-state index in [2.05, 4.69) is 20.6 Å². The molecule has 7 nitrogen and oxygen atoms in total. The van der Waals surface area contributed by atoms with E-state index in [1.54, 1.807) is 24.4 Å². The third kappa shape index (κ3) is 7.76. The summed E-state index contributed by atoms with van der Waals surface area (Å²) < 4.78 is 47.8. The first kappa shape index (κ1) is 28.0. The molecule has 0 radical (unpaired) electrons. The molecule has 0 amide bonds. The highest BCUT2D eigenvalue weighted by atomic mass is 35.5. The maximum atomic E-state index is 12.6. The van der Waals surface area contributed by atoms with Crippen LogP contribution in [0.1, 0.15) is 22.9 Å². The van der Waals surface area contributed by atoms with E-state index in [1.165, 1.54) is 30.3 Å². The van der Waals surface area contributed by atoms with Crippen LogP contribution in [0.4, 0.5) is 13.2 Å². The lowest BCUT2D eigenvalue weighted by atomic mass is 10.0. The number of fused-ring (bicyclic) bond motifs is 1. The number of alkyl halides is 3. The molecular formula is C28H25ClF3N3O4. The molecular weight excluding hydrogens is 535 g/mol. The van der Waals surface area contributed by atoms with E-state index < -0.39 is 12.6 Å². The average Bonchev–Trinajstić information content (AvgIpc) is 2.91. The normalized spacial score (nSPS) is 12.5. The number of hydrogen-bond donors (Lipinski definition) is 4. The van der Waals surface area contributed by atoms with Gasteiger partial charge >= 0.3 is 6.36 Å². The SMILES string of the molecule is Oc1ccc(C(O)N/N=C/c2ccc(OCCNCc3ccccc3OC(F)(F)F)c3ccccc23)cc1Cl. The molecule has 0 saturated carbocycles. The first-order chi connectivity index (χ1) is 18.7. The van der Waals surface area contributed by atoms with Crippen LogP contribution in [0.3, 0.4) is 0 Å². The molecule has 4 N–H and O–H groups in total. The van der Waals surface area contributed by atoms with Crippen LogP contribution in [0, 0.1) is 0 Å². The van der Waals surface area contributed by atoms with Gasteiger partial charge in [0.25, 0.3) is 0 Å². The molecule has 1 atom stereocenters. The number of phenols is 1. The van der Waals surface area contributed by atoms with Gasteiger partial charge in [-0.05, 0) is 35.7 Å². The Labute approximate surface area is 227 Å². The molecule has 0 aliphatic carbocycles. The molecule has 0 saturated heterocycles. The topological polar surface area (TPSA) is 95.3 Å². The lowest BCUT2D eigenvalue weighted by Crippen LogP contribution is -2.22. The lowest BCUT2D eigenvalue weighted by Gasteiger charge is -2.14. The van der Waals surface area contributed by atoms with E-state index in [1.807, 2.05) is 30.3 Å². The van der Waals surface area contributed by atoms with Gasteiger partial charge < -0.3 is 25.0 Å². The van der Waals surface area contributed by atoms with Crippen LogP contribution in [0.15, 0.2) is 84.0 Å². The van der Waals surface area contributed by atoms with Crippen LogP contribution in [0.5, 0.6) is 17.2 Å².